The fourth-order valence-electron chi connectivity index (χ4n) is 3.19. The summed E-state index contributed by atoms with van der Waals surface area (Å²) in [7, 11) is 0. The normalized spacial score (nSPS) is 20.3. The molecule has 2 heterocycles. The summed E-state index contributed by atoms with van der Waals surface area (Å²) >= 11 is 0. The third-order valence-electron chi connectivity index (χ3n) is 4.60. The van der Waals surface area contributed by atoms with Gasteiger partial charge in [-0.15, -0.1) is 8.78 Å². The molecule has 1 saturated heterocycles. The third kappa shape index (κ3) is 3.18. The first kappa shape index (κ1) is 17.3. The van der Waals surface area contributed by atoms with Crippen molar-refractivity contribution in [3.8, 4) is 22.6 Å². The Labute approximate surface area is 153 Å². The number of halogens is 2. The fraction of sp³-hybridized carbons (Fsp3) is 0.263. The average Bonchev–Trinajstić information content (AvgIpc) is 2.96. The number of carbonyl (C=O) groups excluding carboxylic acids is 2. The van der Waals surface area contributed by atoms with Crippen LogP contribution in [0, 0.1) is 0 Å². The standard InChI is InChI=1S/C19H16F2N2O4/c1-11-17(24)22-7-8-23(11)18(25)14-4-2-3-12(9-14)13-5-6-15-16(10-13)27-19(20,21)26-15/h2-6,9-11H,7-8H2,1H3,(H,22,24)/t11-/m0/s1. The molecule has 0 bridgehead atoms. The Hall–Kier alpha value is -3.16. The van der Waals surface area contributed by atoms with Crippen LogP contribution in [0.25, 0.3) is 11.1 Å². The highest BCUT2D eigenvalue weighted by molar-refractivity contribution is 5.99. The molecule has 2 aromatic carbocycles. The van der Waals surface area contributed by atoms with Crippen molar-refractivity contribution in [2.24, 2.45) is 0 Å². The van der Waals surface area contributed by atoms with E-state index in [1.807, 2.05) is 0 Å². The van der Waals surface area contributed by atoms with E-state index in [-0.39, 0.29) is 23.3 Å². The van der Waals surface area contributed by atoms with Crippen molar-refractivity contribution < 1.29 is 27.8 Å². The Balaban J connectivity index is 1.62. The van der Waals surface area contributed by atoms with Crippen molar-refractivity contribution in [3.05, 3.63) is 48.0 Å². The first-order valence-corrected chi connectivity index (χ1v) is 8.43. The second kappa shape index (κ2) is 6.22. The van der Waals surface area contributed by atoms with Crippen molar-refractivity contribution in [1.82, 2.24) is 10.2 Å². The summed E-state index contributed by atoms with van der Waals surface area (Å²) < 4.78 is 35.3. The van der Waals surface area contributed by atoms with Gasteiger partial charge in [0.05, 0.1) is 0 Å². The molecule has 2 aliphatic heterocycles. The van der Waals surface area contributed by atoms with E-state index in [0.29, 0.717) is 29.8 Å². The highest BCUT2D eigenvalue weighted by Crippen LogP contribution is 2.42. The third-order valence-corrected chi connectivity index (χ3v) is 4.60. The molecule has 140 valence electrons. The summed E-state index contributed by atoms with van der Waals surface area (Å²) in [6.07, 6.45) is -3.68. The average molecular weight is 374 g/mol. The number of amides is 2. The van der Waals surface area contributed by atoms with Crippen LogP contribution in [-0.2, 0) is 4.79 Å². The van der Waals surface area contributed by atoms with E-state index in [1.165, 1.54) is 17.0 Å². The number of hydrogen-bond acceptors (Lipinski definition) is 4. The number of ether oxygens (including phenoxy) is 2. The predicted molar refractivity (Wildman–Crippen MR) is 91.6 cm³/mol. The van der Waals surface area contributed by atoms with Crippen LogP contribution in [0.15, 0.2) is 42.5 Å². The molecule has 6 nitrogen and oxygen atoms in total. The lowest BCUT2D eigenvalue weighted by Gasteiger charge is -2.32. The summed E-state index contributed by atoms with van der Waals surface area (Å²) in [6.45, 7) is 2.51. The molecule has 0 saturated carbocycles. The van der Waals surface area contributed by atoms with Gasteiger partial charge in [0.2, 0.25) is 5.91 Å². The Bertz CT molecular complexity index is 932. The number of rotatable bonds is 2. The van der Waals surface area contributed by atoms with Crippen LogP contribution >= 0.6 is 0 Å². The summed E-state index contributed by atoms with van der Waals surface area (Å²) in [5.41, 5.74) is 1.68. The van der Waals surface area contributed by atoms with Crippen molar-refractivity contribution in [2.45, 2.75) is 19.3 Å². The molecule has 8 heteroatoms. The molecule has 0 radical (unpaired) electrons. The Morgan fingerprint density at radius 2 is 1.89 bits per heavy atom. The van der Waals surface area contributed by atoms with E-state index in [9.17, 15) is 18.4 Å². The Morgan fingerprint density at radius 1 is 1.15 bits per heavy atom. The molecule has 0 aromatic heterocycles. The second-order valence-electron chi connectivity index (χ2n) is 6.38. The molecular formula is C19H16F2N2O4. The number of alkyl halides is 2. The van der Waals surface area contributed by atoms with Gasteiger partial charge < -0.3 is 19.7 Å². The van der Waals surface area contributed by atoms with Gasteiger partial charge in [-0.3, -0.25) is 9.59 Å². The topological polar surface area (TPSA) is 67.9 Å². The van der Waals surface area contributed by atoms with E-state index in [1.54, 1.807) is 37.3 Å². The SMILES string of the molecule is C[C@H]1C(=O)NCCN1C(=O)c1cccc(-c2ccc3c(c2)OC(F)(F)O3)c1. The lowest BCUT2D eigenvalue weighted by molar-refractivity contribution is -0.286. The molecule has 2 aromatic rings. The van der Waals surface area contributed by atoms with E-state index >= 15 is 0 Å². The van der Waals surface area contributed by atoms with Crippen LogP contribution in [0.2, 0.25) is 0 Å². The molecule has 2 amide bonds. The van der Waals surface area contributed by atoms with E-state index in [0.717, 1.165) is 0 Å². The second-order valence-corrected chi connectivity index (χ2v) is 6.38. The van der Waals surface area contributed by atoms with Gasteiger partial charge in [-0.2, -0.15) is 0 Å². The summed E-state index contributed by atoms with van der Waals surface area (Å²) in [4.78, 5) is 26.1. The Kier molecular flexibility index (Phi) is 3.98. The van der Waals surface area contributed by atoms with Gasteiger partial charge in [0.25, 0.3) is 5.91 Å². The van der Waals surface area contributed by atoms with E-state index in [4.69, 9.17) is 0 Å². The molecule has 4 rings (SSSR count). The number of benzene rings is 2. The van der Waals surface area contributed by atoms with Crippen LogP contribution in [0.3, 0.4) is 0 Å². The first-order chi connectivity index (χ1) is 12.8. The van der Waals surface area contributed by atoms with Gasteiger partial charge in [-0.1, -0.05) is 18.2 Å². The monoisotopic (exact) mass is 374 g/mol. The number of hydrogen-bond donors (Lipinski definition) is 1. The smallest absolute Gasteiger partial charge is 0.395 e. The minimum atomic E-state index is -3.68. The zero-order valence-corrected chi connectivity index (χ0v) is 14.4. The van der Waals surface area contributed by atoms with Gasteiger partial charge >= 0.3 is 6.29 Å². The van der Waals surface area contributed by atoms with Crippen LogP contribution < -0.4 is 14.8 Å². The van der Waals surface area contributed by atoms with Crippen LogP contribution in [0.5, 0.6) is 11.5 Å². The predicted octanol–water partition coefficient (Wildman–Crippen LogP) is 2.64. The maximum atomic E-state index is 13.2. The minimum Gasteiger partial charge on any atom is -0.395 e. The van der Waals surface area contributed by atoms with Crippen LogP contribution in [0.4, 0.5) is 8.78 Å². The molecule has 27 heavy (non-hydrogen) atoms. The summed E-state index contributed by atoms with van der Waals surface area (Å²) in [5.74, 6) is -0.548. The molecule has 1 atom stereocenters. The molecule has 0 spiro atoms. The summed E-state index contributed by atoms with van der Waals surface area (Å²) in [6, 6.07) is 10.7. The lowest BCUT2D eigenvalue weighted by Crippen LogP contribution is -2.55. The molecule has 0 aliphatic carbocycles. The van der Waals surface area contributed by atoms with Crippen molar-refractivity contribution in [3.63, 3.8) is 0 Å². The molecule has 0 unspecified atom stereocenters. The highest BCUT2D eigenvalue weighted by atomic mass is 19.3. The molecular weight excluding hydrogens is 358 g/mol. The van der Waals surface area contributed by atoms with Gasteiger partial charge in [0.1, 0.15) is 6.04 Å². The van der Waals surface area contributed by atoms with Crippen molar-refractivity contribution in [1.29, 1.82) is 0 Å². The van der Waals surface area contributed by atoms with Crippen molar-refractivity contribution >= 4 is 11.8 Å². The van der Waals surface area contributed by atoms with Gasteiger partial charge in [0.15, 0.2) is 11.5 Å². The van der Waals surface area contributed by atoms with E-state index < -0.39 is 12.3 Å². The first-order valence-electron chi connectivity index (χ1n) is 8.43. The molecule has 1 N–H and O–H groups in total. The summed E-state index contributed by atoms with van der Waals surface area (Å²) in [5, 5.41) is 2.72. The quantitative estimate of drug-likeness (QED) is 0.878. The minimum absolute atomic E-state index is 0.0378. The van der Waals surface area contributed by atoms with Gasteiger partial charge in [-0.25, -0.2) is 0 Å². The molecule has 1 fully saturated rings. The number of piperazine rings is 1. The maximum Gasteiger partial charge on any atom is 0.586 e. The molecule has 2 aliphatic rings. The van der Waals surface area contributed by atoms with Crippen molar-refractivity contribution in [2.75, 3.05) is 13.1 Å². The van der Waals surface area contributed by atoms with Gasteiger partial charge in [-0.05, 0) is 42.3 Å². The van der Waals surface area contributed by atoms with Gasteiger partial charge in [0, 0.05) is 18.7 Å². The van der Waals surface area contributed by atoms with Crippen LogP contribution in [-0.4, -0.2) is 42.1 Å². The zero-order valence-electron chi connectivity index (χ0n) is 14.4. The number of nitrogens with zero attached hydrogens (tertiary/aromatic N) is 1. The van der Waals surface area contributed by atoms with Crippen LogP contribution in [0.1, 0.15) is 17.3 Å². The number of fused-ring (bicyclic) bond motifs is 1. The van der Waals surface area contributed by atoms with E-state index in [2.05, 4.69) is 14.8 Å². The largest absolute Gasteiger partial charge is 0.586 e. The maximum absolute atomic E-state index is 13.2. The lowest BCUT2D eigenvalue weighted by atomic mass is 10.0. The number of carbonyl (C=O) groups is 2. The number of nitrogens with one attached hydrogen (secondary N) is 1. The highest BCUT2D eigenvalue weighted by Gasteiger charge is 2.43. The Morgan fingerprint density at radius 3 is 2.70 bits per heavy atom. The zero-order chi connectivity index (χ0) is 19.2. The fourth-order valence-corrected chi connectivity index (χ4v) is 3.19.